The normalized spacial score (nSPS) is 12.8. The first-order valence-electron chi connectivity index (χ1n) is 5.84. The van der Waals surface area contributed by atoms with E-state index in [1.54, 1.807) is 12.4 Å². The van der Waals surface area contributed by atoms with Gasteiger partial charge in [0.2, 0.25) is 5.95 Å². The van der Waals surface area contributed by atoms with Gasteiger partial charge in [0.25, 0.3) is 0 Å². The van der Waals surface area contributed by atoms with Gasteiger partial charge >= 0.3 is 0 Å². The first-order valence-corrected chi connectivity index (χ1v) is 6.27. The monoisotopic (exact) mass is 241 g/mol. The molecule has 0 fully saturated rings. The van der Waals surface area contributed by atoms with Gasteiger partial charge in [-0.3, -0.25) is 0 Å². The number of nitrogens with zero attached hydrogens (tertiary/aromatic N) is 2. The van der Waals surface area contributed by atoms with Gasteiger partial charge in [0, 0.05) is 18.9 Å². The minimum absolute atomic E-state index is 0.139. The molecule has 0 aliphatic carbocycles. The van der Waals surface area contributed by atoms with Gasteiger partial charge in [-0.05, 0) is 18.4 Å². The maximum absolute atomic E-state index is 6.31. The molecule has 16 heavy (non-hydrogen) atoms. The largest absolute Gasteiger partial charge is 0.353 e. The van der Waals surface area contributed by atoms with Crippen molar-refractivity contribution in [3.8, 4) is 0 Å². The number of alkyl halides is 1. The third kappa shape index (κ3) is 3.97. The summed E-state index contributed by atoms with van der Waals surface area (Å²) in [6.07, 6.45) is 5.83. The average Bonchev–Trinajstić information content (AvgIpc) is 2.30. The Morgan fingerprint density at radius 1 is 1.25 bits per heavy atom. The van der Waals surface area contributed by atoms with Crippen molar-refractivity contribution in [3.63, 3.8) is 0 Å². The molecule has 1 heterocycles. The van der Waals surface area contributed by atoms with Crippen molar-refractivity contribution < 1.29 is 0 Å². The molecule has 90 valence electrons. The fourth-order valence-electron chi connectivity index (χ4n) is 1.64. The van der Waals surface area contributed by atoms with Gasteiger partial charge in [-0.15, -0.1) is 11.6 Å². The van der Waals surface area contributed by atoms with Gasteiger partial charge in [0.1, 0.15) is 0 Å². The van der Waals surface area contributed by atoms with Crippen LogP contribution in [0.15, 0.2) is 12.4 Å². The van der Waals surface area contributed by atoms with E-state index in [0.717, 1.165) is 24.9 Å². The van der Waals surface area contributed by atoms with Crippen LogP contribution in [0.3, 0.4) is 0 Å². The number of anilines is 1. The Morgan fingerprint density at radius 2 is 1.81 bits per heavy atom. The van der Waals surface area contributed by atoms with Crippen molar-refractivity contribution in [1.82, 2.24) is 9.97 Å². The van der Waals surface area contributed by atoms with E-state index in [1.807, 2.05) is 6.92 Å². The molecule has 0 saturated heterocycles. The molecule has 0 aliphatic rings. The van der Waals surface area contributed by atoms with Crippen molar-refractivity contribution in [2.75, 3.05) is 11.9 Å². The first kappa shape index (κ1) is 13.2. The van der Waals surface area contributed by atoms with E-state index in [9.17, 15) is 0 Å². The molecule has 3 nitrogen and oxygen atoms in total. The molecule has 0 spiro atoms. The van der Waals surface area contributed by atoms with E-state index in [2.05, 4.69) is 29.1 Å². The van der Waals surface area contributed by atoms with Crippen LogP contribution in [0.25, 0.3) is 0 Å². The summed E-state index contributed by atoms with van der Waals surface area (Å²) in [6.45, 7) is 7.03. The highest BCUT2D eigenvalue weighted by Crippen LogP contribution is 2.18. The maximum Gasteiger partial charge on any atom is 0.222 e. The van der Waals surface area contributed by atoms with Crippen LogP contribution in [-0.4, -0.2) is 21.9 Å². The molecule has 1 aromatic rings. The van der Waals surface area contributed by atoms with E-state index in [4.69, 9.17) is 11.6 Å². The minimum atomic E-state index is 0.139. The highest BCUT2D eigenvalue weighted by Gasteiger charge is 2.15. The molecule has 1 atom stereocenters. The van der Waals surface area contributed by atoms with Crippen LogP contribution in [0.5, 0.6) is 0 Å². The van der Waals surface area contributed by atoms with Crippen molar-refractivity contribution in [3.05, 3.63) is 18.0 Å². The molecule has 4 heteroatoms. The zero-order valence-corrected chi connectivity index (χ0v) is 11.0. The van der Waals surface area contributed by atoms with Crippen LogP contribution in [-0.2, 0) is 0 Å². The lowest BCUT2D eigenvalue weighted by Crippen LogP contribution is -2.23. The Bertz CT molecular complexity index is 296. The molecule has 1 aromatic heterocycles. The van der Waals surface area contributed by atoms with Gasteiger partial charge < -0.3 is 5.32 Å². The summed E-state index contributed by atoms with van der Waals surface area (Å²) in [6, 6.07) is 0. The highest BCUT2D eigenvalue weighted by atomic mass is 35.5. The third-order valence-electron chi connectivity index (χ3n) is 2.80. The highest BCUT2D eigenvalue weighted by molar-refractivity contribution is 6.21. The SMILES string of the molecule is CCC(CC)C(Cl)CNc1ncc(C)cn1. The summed E-state index contributed by atoms with van der Waals surface area (Å²) in [5.74, 6) is 1.21. The van der Waals surface area contributed by atoms with Crippen LogP contribution in [0.1, 0.15) is 32.3 Å². The topological polar surface area (TPSA) is 37.8 Å². The number of hydrogen-bond acceptors (Lipinski definition) is 3. The predicted molar refractivity (Wildman–Crippen MR) is 69.0 cm³/mol. The molecule has 0 aliphatic heterocycles. The molecular formula is C12H20ClN3. The average molecular weight is 242 g/mol. The van der Waals surface area contributed by atoms with Gasteiger partial charge in [-0.25, -0.2) is 9.97 Å². The molecule has 1 N–H and O–H groups in total. The summed E-state index contributed by atoms with van der Waals surface area (Å²) < 4.78 is 0. The summed E-state index contributed by atoms with van der Waals surface area (Å²) in [5, 5.41) is 3.31. The van der Waals surface area contributed by atoms with Crippen molar-refractivity contribution >= 4 is 17.5 Å². The van der Waals surface area contributed by atoms with Crippen molar-refractivity contribution in [2.24, 2.45) is 5.92 Å². The van der Waals surface area contributed by atoms with Crippen molar-refractivity contribution in [2.45, 2.75) is 39.0 Å². The zero-order valence-electron chi connectivity index (χ0n) is 10.2. The van der Waals surface area contributed by atoms with E-state index >= 15 is 0 Å². The number of aryl methyl sites for hydroxylation is 1. The Morgan fingerprint density at radius 3 is 2.31 bits per heavy atom. The summed E-state index contributed by atoms with van der Waals surface area (Å²) in [7, 11) is 0. The number of halogens is 1. The molecular weight excluding hydrogens is 222 g/mol. The maximum atomic E-state index is 6.31. The second-order valence-electron chi connectivity index (χ2n) is 4.06. The fraction of sp³-hybridized carbons (Fsp3) is 0.667. The Hall–Kier alpha value is -0.830. The van der Waals surface area contributed by atoms with Crippen molar-refractivity contribution in [1.29, 1.82) is 0 Å². The Labute approximate surface area is 103 Å². The zero-order chi connectivity index (χ0) is 12.0. The lowest BCUT2D eigenvalue weighted by molar-refractivity contribution is 0.475. The summed E-state index contributed by atoms with van der Waals surface area (Å²) in [5.41, 5.74) is 1.06. The van der Waals surface area contributed by atoms with Gasteiger partial charge in [-0.1, -0.05) is 26.7 Å². The van der Waals surface area contributed by atoms with E-state index in [-0.39, 0.29) is 5.38 Å². The van der Waals surface area contributed by atoms with E-state index < -0.39 is 0 Å². The predicted octanol–water partition coefficient (Wildman–Crippen LogP) is 3.24. The van der Waals surface area contributed by atoms with Crippen LogP contribution >= 0.6 is 11.6 Å². The quantitative estimate of drug-likeness (QED) is 0.777. The molecule has 0 amide bonds. The number of aromatic nitrogens is 2. The lowest BCUT2D eigenvalue weighted by atomic mass is 9.99. The number of nitrogens with one attached hydrogen (secondary N) is 1. The Kier molecular flexibility index (Phi) is 5.53. The van der Waals surface area contributed by atoms with Gasteiger partial charge in [0.05, 0.1) is 5.38 Å². The lowest BCUT2D eigenvalue weighted by Gasteiger charge is -2.19. The van der Waals surface area contributed by atoms with Gasteiger partial charge in [-0.2, -0.15) is 0 Å². The second-order valence-corrected chi connectivity index (χ2v) is 4.62. The van der Waals surface area contributed by atoms with Gasteiger partial charge in [0.15, 0.2) is 0 Å². The Balaban J connectivity index is 2.42. The molecule has 1 unspecified atom stereocenters. The summed E-state index contributed by atoms with van der Waals surface area (Å²) in [4.78, 5) is 8.36. The second kappa shape index (κ2) is 6.69. The number of hydrogen-bond donors (Lipinski definition) is 1. The van der Waals surface area contributed by atoms with Crippen LogP contribution < -0.4 is 5.32 Å². The minimum Gasteiger partial charge on any atom is -0.353 e. The standard InChI is InChI=1S/C12H20ClN3/c1-4-10(5-2)11(13)8-16-12-14-6-9(3)7-15-12/h6-7,10-11H,4-5,8H2,1-3H3,(H,14,15,16). The van der Waals surface area contributed by atoms with E-state index in [1.165, 1.54) is 0 Å². The molecule has 0 saturated carbocycles. The smallest absolute Gasteiger partial charge is 0.222 e. The fourth-order valence-corrected chi connectivity index (χ4v) is 2.07. The third-order valence-corrected chi connectivity index (χ3v) is 3.31. The molecule has 1 rings (SSSR count). The van der Waals surface area contributed by atoms with Crippen LogP contribution in [0.2, 0.25) is 0 Å². The molecule has 0 bridgehead atoms. The van der Waals surface area contributed by atoms with Crippen LogP contribution in [0, 0.1) is 12.8 Å². The van der Waals surface area contributed by atoms with Crippen LogP contribution in [0.4, 0.5) is 5.95 Å². The summed E-state index contributed by atoms with van der Waals surface area (Å²) >= 11 is 6.31. The first-order chi connectivity index (χ1) is 7.67. The number of rotatable bonds is 6. The molecule has 0 aromatic carbocycles. The molecule has 0 radical (unpaired) electrons. The van der Waals surface area contributed by atoms with E-state index in [0.29, 0.717) is 11.9 Å².